The van der Waals surface area contributed by atoms with E-state index in [4.69, 9.17) is 44.3 Å². The molecule has 156 valence electrons. The number of ether oxygens (including phenoxy) is 2. The normalized spacial score (nSPS) is 15.4. The highest BCUT2D eigenvalue weighted by Gasteiger charge is 2.38. The van der Waals surface area contributed by atoms with Crippen molar-refractivity contribution >= 4 is 64.4 Å². The Kier molecular flexibility index (Phi) is 6.55. The molecule has 2 aromatic carbocycles. The number of nitrogens with one attached hydrogen (secondary N) is 1. The first kappa shape index (κ1) is 22.0. The minimum Gasteiger partial charge on any atom is -0.493 e. The van der Waals surface area contributed by atoms with E-state index in [9.17, 15) is 14.4 Å². The van der Waals surface area contributed by atoms with Gasteiger partial charge in [-0.2, -0.15) is 0 Å². The summed E-state index contributed by atoms with van der Waals surface area (Å²) in [5, 5.41) is 2.48. The van der Waals surface area contributed by atoms with Crippen LogP contribution >= 0.6 is 34.8 Å². The molecule has 0 spiro atoms. The van der Waals surface area contributed by atoms with Gasteiger partial charge in [-0.05, 0) is 36.8 Å². The van der Waals surface area contributed by atoms with E-state index < -0.39 is 17.8 Å². The highest BCUT2D eigenvalue weighted by molar-refractivity contribution is 6.46. The van der Waals surface area contributed by atoms with Crippen LogP contribution in [0.4, 0.5) is 10.5 Å². The van der Waals surface area contributed by atoms with Crippen molar-refractivity contribution in [3.63, 3.8) is 0 Å². The van der Waals surface area contributed by atoms with Crippen LogP contribution in [0.3, 0.4) is 0 Å². The summed E-state index contributed by atoms with van der Waals surface area (Å²) in [5.41, 5.74) is 0.0427. The van der Waals surface area contributed by atoms with Gasteiger partial charge in [-0.3, -0.25) is 14.9 Å². The van der Waals surface area contributed by atoms with Crippen molar-refractivity contribution in [2.75, 3.05) is 18.6 Å². The van der Waals surface area contributed by atoms with Crippen molar-refractivity contribution in [2.24, 2.45) is 0 Å². The number of hydrogen-bond donors (Lipinski definition) is 1. The molecular formula is C20H15Cl3N2O5. The summed E-state index contributed by atoms with van der Waals surface area (Å²) in [6.07, 6.45) is 1.26. The lowest BCUT2D eigenvalue weighted by Gasteiger charge is -2.27. The standard InChI is InChI=1S/C20H15Cl3N2O5/c1-3-30-16-9-13(22)10(8-15(16)29-2)7-11-18(26)24-20(28)25(19(11)27)14-6-4-5-12(21)17(14)23/h4-9H,3H2,1-2H3,(H,24,26,28)/b11-7+. The summed E-state index contributed by atoms with van der Waals surface area (Å²) in [6.45, 7) is 2.20. The largest absolute Gasteiger partial charge is 0.493 e. The minimum absolute atomic E-state index is 0.00265. The number of anilines is 1. The summed E-state index contributed by atoms with van der Waals surface area (Å²) in [7, 11) is 1.45. The molecule has 1 N–H and O–H groups in total. The molecule has 7 nitrogen and oxygen atoms in total. The van der Waals surface area contributed by atoms with Gasteiger partial charge in [-0.1, -0.05) is 40.9 Å². The molecular weight excluding hydrogens is 455 g/mol. The van der Waals surface area contributed by atoms with Gasteiger partial charge in [0.2, 0.25) is 0 Å². The lowest BCUT2D eigenvalue weighted by atomic mass is 10.1. The number of benzene rings is 2. The van der Waals surface area contributed by atoms with E-state index in [0.717, 1.165) is 4.90 Å². The molecule has 0 radical (unpaired) electrons. The number of urea groups is 1. The molecule has 0 unspecified atom stereocenters. The summed E-state index contributed by atoms with van der Waals surface area (Å²) in [4.78, 5) is 38.5. The SMILES string of the molecule is CCOc1cc(Cl)c(/C=C2\C(=O)NC(=O)N(c3cccc(Cl)c3Cl)C2=O)cc1OC. The van der Waals surface area contributed by atoms with E-state index >= 15 is 0 Å². The Balaban J connectivity index is 2.08. The fourth-order valence-electron chi connectivity index (χ4n) is 2.79. The van der Waals surface area contributed by atoms with Crippen molar-refractivity contribution in [3.8, 4) is 11.5 Å². The van der Waals surface area contributed by atoms with Crippen LogP contribution in [0.25, 0.3) is 6.08 Å². The zero-order valence-corrected chi connectivity index (χ0v) is 18.1. The number of rotatable bonds is 5. The quantitative estimate of drug-likeness (QED) is 0.506. The highest BCUT2D eigenvalue weighted by atomic mass is 35.5. The van der Waals surface area contributed by atoms with Crippen molar-refractivity contribution in [3.05, 3.63) is 56.5 Å². The van der Waals surface area contributed by atoms with Crippen LogP contribution < -0.4 is 19.7 Å². The Morgan fingerprint density at radius 2 is 1.80 bits per heavy atom. The lowest BCUT2D eigenvalue weighted by Crippen LogP contribution is -2.54. The van der Waals surface area contributed by atoms with Crippen LogP contribution in [-0.4, -0.2) is 31.6 Å². The molecule has 4 amide bonds. The summed E-state index contributed by atoms with van der Waals surface area (Å²) in [5.74, 6) is -0.975. The molecule has 1 heterocycles. The molecule has 1 aliphatic rings. The first-order valence-corrected chi connectivity index (χ1v) is 9.77. The number of amides is 4. The van der Waals surface area contributed by atoms with E-state index in [2.05, 4.69) is 5.32 Å². The van der Waals surface area contributed by atoms with Gasteiger partial charge in [0.25, 0.3) is 11.8 Å². The zero-order valence-electron chi connectivity index (χ0n) is 15.8. The van der Waals surface area contributed by atoms with E-state index in [1.54, 1.807) is 6.92 Å². The van der Waals surface area contributed by atoms with E-state index in [-0.39, 0.29) is 26.3 Å². The maximum absolute atomic E-state index is 13.0. The average Bonchev–Trinajstić information content (AvgIpc) is 2.69. The van der Waals surface area contributed by atoms with Gasteiger partial charge >= 0.3 is 6.03 Å². The molecule has 1 fully saturated rings. The second-order valence-corrected chi connectivity index (χ2v) is 7.18. The van der Waals surface area contributed by atoms with E-state index in [1.807, 2.05) is 0 Å². The van der Waals surface area contributed by atoms with Crippen LogP contribution in [-0.2, 0) is 9.59 Å². The minimum atomic E-state index is -0.943. The fraction of sp³-hybridized carbons (Fsp3) is 0.150. The van der Waals surface area contributed by atoms with Crippen molar-refractivity contribution in [2.45, 2.75) is 6.92 Å². The molecule has 0 aliphatic carbocycles. The number of carbonyl (C=O) groups excluding carboxylic acids is 3. The summed E-state index contributed by atoms with van der Waals surface area (Å²) < 4.78 is 10.7. The Labute approximate surface area is 187 Å². The van der Waals surface area contributed by atoms with Crippen molar-refractivity contribution in [1.82, 2.24) is 5.32 Å². The van der Waals surface area contributed by atoms with E-state index in [1.165, 1.54) is 43.5 Å². The number of nitrogens with zero attached hydrogens (tertiary/aromatic N) is 1. The van der Waals surface area contributed by atoms with Crippen LogP contribution in [0.5, 0.6) is 11.5 Å². The predicted molar refractivity (Wildman–Crippen MR) is 115 cm³/mol. The zero-order chi connectivity index (χ0) is 22.0. The molecule has 3 rings (SSSR count). The van der Waals surface area contributed by atoms with Gasteiger partial charge < -0.3 is 9.47 Å². The number of imide groups is 2. The smallest absolute Gasteiger partial charge is 0.336 e. The average molecular weight is 470 g/mol. The van der Waals surface area contributed by atoms with Crippen LogP contribution in [0.1, 0.15) is 12.5 Å². The van der Waals surface area contributed by atoms with E-state index in [0.29, 0.717) is 23.7 Å². The third kappa shape index (κ3) is 4.09. The summed E-state index contributed by atoms with van der Waals surface area (Å²) >= 11 is 18.4. The van der Waals surface area contributed by atoms with Gasteiger partial charge in [-0.25, -0.2) is 9.69 Å². The first-order valence-electron chi connectivity index (χ1n) is 8.64. The number of halogens is 3. The van der Waals surface area contributed by atoms with Crippen LogP contribution in [0.15, 0.2) is 35.9 Å². The topological polar surface area (TPSA) is 84.9 Å². The maximum Gasteiger partial charge on any atom is 0.336 e. The van der Waals surface area contributed by atoms with Gasteiger partial charge in [0.15, 0.2) is 11.5 Å². The molecule has 0 bridgehead atoms. The third-order valence-corrected chi connectivity index (χ3v) is 5.29. The molecule has 0 saturated carbocycles. The molecule has 1 aliphatic heterocycles. The molecule has 10 heteroatoms. The van der Waals surface area contributed by atoms with Crippen LogP contribution in [0, 0.1) is 0 Å². The van der Waals surface area contributed by atoms with Gasteiger partial charge in [-0.15, -0.1) is 0 Å². The van der Waals surface area contributed by atoms with Crippen molar-refractivity contribution in [1.29, 1.82) is 0 Å². The maximum atomic E-state index is 13.0. The number of methoxy groups -OCH3 is 1. The van der Waals surface area contributed by atoms with Gasteiger partial charge in [0, 0.05) is 6.07 Å². The third-order valence-electron chi connectivity index (χ3n) is 4.16. The number of hydrogen-bond acceptors (Lipinski definition) is 5. The summed E-state index contributed by atoms with van der Waals surface area (Å²) in [6, 6.07) is 6.56. The monoisotopic (exact) mass is 468 g/mol. The Morgan fingerprint density at radius 3 is 2.47 bits per heavy atom. The number of carbonyl (C=O) groups is 3. The fourth-order valence-corrected chi connectivity index (χ4v) is 3.37. The second kappa shape index (κ2) is 8.95. The number of barbiturate groups is 1. The van der Waals surface area contributed by atoms with Crippen molar-refractivity contribution < 1.29 is 23.9 Å². The Bertz CT molecular complexity index is 1080. The first-order chi connectivity index (χ1) is 14.3. The lowest BCUT2D eigenvalue weighted by molar-refractivity contribution is -0.122. The molecule has 0 aromatic heterocycles. The molecule has 1 saturated heterocycles. The Morgan fingerprint density at radius 1 is 1.07 bits per heavy atom. The predicted octanol–water partition coefficient (Wildman–Crippen LogP) is 4.72. The Hall–Kier alpha value is -2.74. The van der Waals surface area contributed by atoms with Crippen LogP contribution in [0.2, 0.25) is 15.1 Å². The molecule has 2 aromatic rings. The van der Waals surface area contributed by atoms with Gasteiger partial charge in [0.05, 0.1) is 34.5 Å². The van der Waals surface area contributed by atoms with Gasteiger partial charge in [0.1, 0.15) is 5.57 Å². The molecule has 30 heavy (non-hydrogen) atoms. The highest BCUT2D eigenvalue weighted by Crippen LogP contribution is 2.36. The second-order valence-electron chi connectivity index (χ2n) is 5.99. The molecule has 0 atom stereocenters.